The number of hydrogen-bond acceptors (Lipinski definition) is 6. The van der Waals surface area contributed by atoms with Gasteiger partial charge in [0.15, 0.2) is 6.17 Å². The molecule has 3 N–H and O–H groups in total. The molecule has 232 valence electrons. The van der Waals surface area contributed by atoms with Gasteiger partial charge in [-0.15, -0.1) is 0 Å². The van der Waals surface area contributed by atoms with Gasteiger partial charge in [0.1, 0.15) is 11.6 Å². The average Bonchev–Trinajstić information content (AvgIpc) is 2.99. The smallest absolute Gasteiger partial charge is 0.271 e. The molecule has 9 nitrogen and oxygen atoms in total. The van der Waals surface area contributed by atoms with Crippen molar-refractivity contribution >= 4 is 29.2 Å². The third-order valence-electron chi connectivity index (χ3n) is 6.94. The van der Waals surface area contributed by atoms with Crippen molar-refractivity contribution in [3.8, 4) is 5.75 Å². The number of rotatable bonds is 22. The molecule has 2 rings (SSSR count). The number of carbonyl (C=O) groups excluding carboxylic acids is 3. The molecule has 0 bridgehead atoms. The van der Waals surface area contributed by atoms with Gasteiger partial charge in [0.05, 0.1) is 6.61 Å². The predicted molar refractivity (Wildman–Crippen MR) is 170 cm³/mol. The van der Waals surface area contributed by atoms with Gasteiger partial charge in [-0.05, 0) is 56.2 Å². The van der Waals surface area contributed by atoms with E-state index in [9.17, 15) is 14.4 Å². The van der Waals surface area contributed by atoms with E-state index in [2.05, 4.69) is 27.9 Å². The third-order valence-corrected chi connectivity index (χ3v) is 6.94. The minimum absolute atomic E-state index is 0.0644. The van der Waals surface area contributed by atoms with Gasteiger partial charge in [-0.1, -0.05) is 70.8 Å². The fraction of sp³-hybridized carbons (Fsp3) is 0.576. The van der Waals surface area contributed by atoms with E-state index in [1.807, 2.05) is 13.0 Å². The van der Waals surface area contributed by atoms with Gasteiger partial charge in [-0.3, -0.25) is 19.3 Å². The zero-order valence-electron chi connectivity index (χ0n) is 25.8. The molecule has 1 aromatic heterocycles. The first kappa shape index (κ1) is 34.6. The number of anilines is 2. The number of hydrogen-bond donors (Lipinski definition) is 3. The van der Waals surface area contributed by atoms with Gasteiger partial charge >= 0.3 is 0 Å². The molecule has 0 spiro atoms. The number of pyridine rings is 1. The highest BCUT2D eigenvalue weighted by Gasteiger charge is 2.26. The van der Waals surface area contributed by atoms with E-state index in [1.54, 1.807) is 42.6 Å². The zero-order valence-corrected chi connectivity index (χ0v) is 25.8. The molecule has 0 saturated heterocycles. The van der Waals surface area contributed by atoms with Crippen LogP contribution in [0, 0.1) is 0 Å². The van der Waals surface area contributed by atoms with E-state index in [0.717, 1.165) is 13.0 Å². The van der Waals surface area contributed by atoms with E-state index in [4.69, 9.17) is 4.74 Å². The van der Waals surface area contributed by atoms with Crippen molar-refractivity contribution in [1.29, 1.82) is 0 Å². The van der Waals surface area contributed by atoms with E-state index in [-0.39, 0.29) is 17.7 Å². The molecule has 0 saturated carbocycles. The number of ether oxygens (including phenoxy) is 1. The summed E-state index contributed by atoms with van der Waals surface area (Å²) in [4.78, 5) is 42.9. The normalized spacial score (nSPS) is 11.4. The summed E-state index contributed by atoms with van der Waals surface area (Å²) < 4.78 is 5.79. The van der Waals surface area contributed by atoms with Crippen molar-refractivity contribution in [3.63, 3.8) is 0 Å². The first-order valence-corrected chi connectivity index (χ1v) is 15.7. The van der Waals surface area contributed by atoms with E-state index in [1.165, 1.54) is 69.6 Å². The molecule has 1 aromatic carbocycles. The quantitative estimate of drug-likeness (QED) is 0.113. The van der Waals surface area contributed by atoms with Crippen molar-refractivity contribution in [3.05, 3.63) is 48.7 Å². The first-order valence-electron chi connectivity index (χ1n) is 15.7. The number of nitrogens with zero attached hydrogens (tertiary/aromatic N) is 2. The molecule has 0 aliphatic heterocycles. The minimum Gasteiger partial charge on any atom is -0.494 e. The Morgan fingerprint density at radius 3 is 2.12 bits per heavy atom. The van der Waals surface area contributed by atoms with Crippen molar-refractivity contribution in [1.82, 2.24) is 15.6 Å². The molecule has 1 atom stereocenters. The second-order valence-electron chi connectivity index (χ2n) is 10.6. The summed E-state index contributed by atoms with van der Waals surface area (Å²) in [5.41, 5.74) is 0.651. The molecular formula is C33H51N5O4. The van der Waals surface area contributed by atoms with Crippen LogP contribution in [0.3, 0.4) is 0 Å². The number of carbonyl (C=O) groups is 3. The lowest BCUT2D eigenvalue weighted by atomic mass is 10.1. The standard InChI is InChI=1S/C33H51N5O4/c1-4-6-7-8-9-10-11-12-13-15-25-35-31(40)19-17-26-42-29-22-20-28(21-23-29)37-32(36-27(3)39)33(41)38(5-2)30-18-14-16-24-34-30/h14,16,18,20-24,32,37H,4-13,15,17,19,25-26H2,1-3H3,(H,35,40)(H,36,39). The van der Waals surface area contributed by atoms with Crippen molar-refractivity contribution in [2.24, 2.45) is 0 Å². The summed E-state index contributed by atoms with van der Waals surface area (Å²) in [5.74, 6) is 0.592. The third kappa shape index (κ3) is 14.3. The van der Waals surface area contributed by atoms with Gasteiger partial charge in [-0.25, -0.2) is 4.98 Å². The van der Waals surface area contributed by atoms with Crippen LogP contribution in [0.2, 0.25) is 0 Å². The number of nitrogens with one attached hydrogen (secondary N) is 3. The van der Waals surface area contributed by atoms with E-state index in [0.29, 0.717) is 43.2 Å². The Morgan fingerprint density at radius 1 is 0.857 bits per heavy atom. The monoisotopic (exact) mass is 581 g/mol. The minimum atomic E-state index is -0.963. The molecule has 0 aliphatic carbocycles. The molecule has 0 aliphatic rings. The Kier molecular flexibility index (Phi) is 17.4. The molecule has 1 unspecified atom stereocenters. The van der Waals surface area contributed by atoms with Crippen LogP contribution in [0.1, 0.15) is 97.8 Å². The predicted octanol–water partition coefficient (Wildman–Crippen LogP) is 6.20. The first-order chi connectivity index (χ1) is 20.4. The van der Waals surface area contributed by atoms with Gasteiger partial charge in [0, 0.05) is 38.3 Å². The highest BCUT2D eigenvalue weighted by Crippen LogP contribution is 2.18. The number of amides is 3. The number of likely N-dealkylation sites (N-methyl/N-ethyl adjacent to an activating group) is 1. The fourth-order valence-corrected chi connectivity index (χ4v) is 4.63. The van der Waals surface area contributed by atoms with Crippen LogP contribution in [-0.2, 0) is 14.4 Å². The van der Waals surface area contributed by atoms with Crippen LogP contribution in [0.25, 0.3) is 0 Å². The maximum Gasteiger partial charge on any atom is 0.271 e. The Hall–Kier alpha value is -3.62. The summed E-state index contributed by atoms with van der Waals surface area (Å²) in [7, 11) is 0. The molecular weight excluding hydrogens is 530 g/mol. The highest BCUT2D eigenvalue weighted by molar-refractivity contribution is 5.99. The zero-order chi connectivity index (χ0) is 30.4. The van der Waals surface area contributed by atoms with Gasteiger partial charge in [0.25, 0.3) is 5.91 Å². The topological polar surface area (TPSA) is 113 Å². The lowest BCUT2D eigenvalue weighted by Gasteiger charge is -2.27. The lowest BCUT2D eigenvalue weighted by molar-refractivity contribution is -0.125. The maximum absolute atomic E-state index is 13.2. The average molecular weight is 582 g/mol. The van der Waals surface area contributed by atoms with Crippen LogP contribution < -0.4 is 25.6 Å². The molecule has 0 fully saturated rings. The van der Waals surface area contributed by atoms with Crippen LogP contribution >= 0.6 is 0 Å². The Bertz CT molecular complexity index is 1030. The summed E-state index contributed by atoms with van der Waals surface area (Å²) in [5, 5.41) is 8.78. The summed E-state index contributed by atoms with van der Waals surface area (Å²) in [6.07, 6.45) is 14.5. The summed E-state index contributed by atoms with van der Waals surface area (Å²) in [6.45, 7) is 7.04. The molecule has 2 aromatic rings. The Balaban J connectivity index is 1.65. The Labute approximate surface area is 252 Å². The van der Waals surface area contributed by atoms with E-state index < -0.39 is 6.17 Å². The summed E-state index contributed by atoms with van der Waals surface area (Å²) in [6, 6.07) is 12.5. The van der Waals surface area contributed by atoms with Crippen LogP contribution in [-0.4, -0.2) is 48.6 Å². The van der Waals surface area contributed by atoms with Crippen LogP contribution in [0.5, 0.6) is 5.75 Å². The fourth-order valence-electron chi connectivity index (χ4n) is 4.63. The Morgan fingerprint density at radius 2 is 1.52 bits per heavy atom. The SMILES string of the molecule is CCCCCCCCCCCCNC(=O)CCCOc1ccc(NC(NC(C)=O)C(=O)N(CC)c2ccccn2)cc1. The second-order valence-corrected chi connectivity index (χ2v) is 10.6. The maximum atomic E-state index is 13.2. The van der Waals surface area contributed by atoms with Crippen LogP contribution in [0.4, 0.5) is 11.5 Å². The van der Waals surface area contributed by atoms with E-state index >= 15 is 0 Å². The molecule has 0 radical (unpaired) electrons. The lowest BCUT2D eigenvalue weighted by Crippen LogP contribution is -2.52. The van der Waals surface area contributed by atoms with Gasteiger partial charge in [-0.2, -0.15) is 0 Å². The van der Waals surface area contributed by atoms with Gasteiger partial charge < -0.3 is 20.7 Å². The summed E-state index contributed by atoms with van der Waals surface area (Å²) >= 11 is 0. The number of aromatic nitrogens is 1. The van der Waals surface area contributed by atoms with Crippen molar-refractivity contribution < 1.29 is 19.1 Å². The second kappa shape index (κ2) is 21.1. The van der Waals surface area contributed by atoms with Crippen molar-refractivity contribution in [2.75, 3.05) is 29.9 Å². The van der Waals surface area contributed by atoms with Crippen molar-refractivity contribution in [2.45, 2.75) is 104 Å². The molecule has 42 heavy (non-hydrogen) atoms. The molecule has 9 heteroatoms. The highest BCUT2D eigenvalue weighted by atomic mass is 16.5. The van der Waals surface area contributed by atoms with Gasteiger partial charge in [0.2, 0.25) is 11.8 Å². The number of unbranched alkanes of at least 4 members (excludes halogenated alkanes) is 9. The number of benzene rings is 1. The largest absolute Gasteiger partial charge is 0.494 e. The molecule has 3 amide bonds. The molecule has 1 heterocycles. The van der Waals surface area contributed by atoms with Crippen LogP contribution in [0.15, 0.2) is 48.7 Å².